The van der Waals surface area contributed by atoms with Gasteiger partial charge >= 0.3 is 39.5 Å². The predicted octanol–water partition coefficient (Wildman–Crippen LogP) is 20.9. The quantitative estimate of drug-likeness (QED) is 0.0222. The van der Waals surface area contributed by atoms with Crippen molar-refractivity contribution in [2.24, 2.45) is 5.92 Å². The molecule has 0 aromatic carbocycles. The lowest BCUT2D eigenvalue weighted by atomic mass is 10.0. The lowest BCUT2D eigenvalue weighted by molar-refractivity contribution is -0.161. The second-order valence-electron chi connectivity index (χ2n) is 26.5. The average molecular weight is 1340 g/mol. The average Bonchev–Trinajstić information content (AvgIpc) is 3.06. The van der Waals surface area contributed by atoms with Gasteiger partial charge in [-0.2, -0.15) is 0 Å². The standard InChI is InChI=1S/C72H140O17P2/c1-6-9-12-15-18-21-24-26-27-29-31-38-43-48-53-58-72(77)89-68(62-83-70(75)56-51-46-41-36-33-32-34-39-44-49-54-65(4)5)64-87-91(80,81)85-60-66(73)59-84-90(78,79)86-63-67(61-82-69(74)55-50-45-40-35-23-20-17-14-11-8-3)88-71(76)57-52-47-42-37-30-28-25-22-19-16-13-10-7-2/h65-68,73H,6-64H2,1-5H3,(H,78,79)(H,80,81)/t66-,67+,68+/m0/s1. The molecule has 5 atom stereocenters. The van der Waals surface area contributed by atoms with E-state index < -0.39 is 97.5 Å². The van der Waals surface area contributed by atoms with Crippen LogP contribution in [0.1, 0.15) is 375 Å². The number of carbonyl (C=O) groups excluding carboxylic acids is 4. The van der Waals surface area contributed by atoms with E-state index in [9.17, 15) is 43.2 Å². The molecule has 0 saturated carbocycles. The summed E-state index contributed by atoms with van der Waals surface area (Å²) in [6.45, 7) is 7.26. The molecule has 0 aromatic heterocycles. The molecule has 0 spiro atoms. The summed E-state index contributed by atoms with van der Waals surface area (Å²) in [5.41, 5.74) is 0. The van der Waals surface area contributed by atoms with Crippen molar-refractivity contribution in [1.29, 1.82) is 0 Å². The molecule has 0 bridgehead atoms. The largest absolute Gasteiger partial charge is 0.472 e. The van der Waals surface area contributed by atoms with Crippen molar-refractivity contribution < 1.29 is 80.2 Å². The molecular formula is C72H140O17P2. The molecule has 0 saturated heterocycles. The van der Waals surface area contributed by atoms with Crippen LogP contribution in [0.15, 0.2) is 0 Å². The first-order chi connectivity index (χ1) is 44.0. The minimum Gasteiger partial charge on any atom is -0.462 e. The first-order valence-corrected chi connectivity index (χ1v) is 40.6. The highest BCUT2D eigenvalue weighted by Gasteiger charge is 2.30. The smallest absolute Gasteiger partial charge is 0.462 e. The summed E-state index contributed by atoms with van der Waals surface area (Å²) in [6, 6.07) is 0. The van der Waals surface area contributed by atoms with Gasteiger partial charge in [0.2, 0.25) is 0 Å². The number of hydrogen-bond donors (Lipinski definition) is 3. The molecule has 17 nitrogen and oxygen atoms in total. The van der Waals surface area contributed by atoms with Gasteiger partial charge in [0, 0.05) is 25.7 Å². The van der Waals surface area contributed by atoms with Crippen LogP contribution in [0, 0.1) is 5.92 Å². The highest BCUT2D eigenvalue weighted by Crippen LogP contribution is 2.45. The lowest BCUT2D eigenvalue weighted by Crippen LogP contribution is -2.30. The van der Waals surface area contributed by atoms with Crippen LogP contribution in [-0.4, -0.2) is 96.7 Å². The molecule has 91 heavy (non-hydrogen) atoms. The van der Waals surface area contributed by atoms with E-state index in [-0.39, 0.29) is 25.7 Å². The minimum atomic E-state index is -4.95. The number of carbonyl (C=O) groups is 4. The Balaban J connectivity index is 5.25. The van der Waals surface area contributed by atoms with Gasteiger partial charge in [-0.05, 0) is 31.6 Å². The molecule has 0 radical (unpaired) electrons. The Kier molecular flexibility index (Phi) is 64.0. The Labute approximate surface area is 556 Å². The topological polar surface area (TPSA) is 237 Å². The SMILES string of the molecule is CCCCCCCCCCCCCCCCCC(=O)O[C@H](COC(=O)CCCCCCCCCCCCC(C)C)COP(=O)(O)OC[C@@H](O)COP(=O)(O)OC[C@@H](COC(=O)CCCCCCCCCCCC)OC(=O)CCCCCCCCCCCCCCC. The number of unbranched alkanes of at least 4 members (excludes halogenated alkanes) is 44. The normalized spacial score (nSPS) is 14.0. The number of esters is 4. The predicted molar refractivity (Wildman–Crippen MR) is 368 cm³/mol. The first kappa shape index (κ1) is 89.1. The molecule has 0 rings (SSSR count). The van der Waals surface area contributed by atoms with Crippen LogP contribution < -0.4 is 0 Å². The third kappa shape index (κ3) is 66.5. The molecule has 0 amide bonds. The maximum atomic E-state index is 13.0. The van der Waals surface area contributed by atoms with Gasteiger partial charge in [0.25, 0.3) is 0 Å². The Morgan fingerprint density at radius 3 is 0.747 bits per heavy atom. The number of phosphoric acid groups is 2. The summed E-state index contributed by atoms with van der Waals surface area (Å²) in [5, 5.41) is 10.6. The van der Waals surface area contributed by atoms with E-state index in [1.807, 2.05) is 0 Å². The Bertz CT molecular complexity index is 1750. The Morgan fingerprint density at radius 1 is 0.297 bits per heavy atom. The van der Waals surface area contributed by atoms with Gasteiger partial charge in [-0.15, -0.1) is 0 Å². The van der Waals surface area contributed by atoms with Gasteiger partial charge in [0.1, 0.15) is 19.3 Å². The second-order valence-corrected chi connectivity index (χ2v) is 29.4. The van der Waals surface area contributed by atoms with Crippen molar-refractivity contribution in [2.75, 3.05) is 39.6 Å². The third-order valence-electron chi connectivity index (χ3n) is 16.8. The summed E-state index contributed by atoms with van der Waals surface area (Å²) >= 11 is 0. The Hall–Kier alpha value is -1.94. The van der Waals surface area contributed by atoms with Crippen molar-refractivity contribution in [3.05, 3.63) is 0 Å². The molecule has 19 heteroatoms. The van der Waals surface area contributed by atoms with Crippen LogP contribution in [0.4, 0.5) is 0 Å². The zero-order valence-corrected chi connectivity index (χ0v) is 60.8. The van der Waals surface area contributed by atoms with Crippen LogP contribution in [0.5, 0.6) is 0 Å². The van der Waals surface area contributed by atoms with Gasteiger partial charge in [0.05, 0.1) is 26.4 Å². The van der Waals surface area contributed by atoms with Crippen molar-refractivity contribution in [3.8, 4) is 0 Å². The number of phosphoric ester groups is 2. The summed E-state index contributed by atoms with van der Waals surface area (Å²) in [7, 11) is -9.90. The molecule has 540 valence electrons. The van der Waals surface area contributed by atoms with Crippen LogP contribution >= 0.6 is 15.6 Å². The summed E-state index contributed by atoms with van der Waals surface area (Å²) < 4.78 is 68.4. The highest BCUT2D eigenvalue weighted by atomic mass is 31.2. The summed E-state index contributed by atoms with van der Waals surface area (Å²) in [6.07, 6.45) is 52.5. The van der Waals surface area contributed by atoms with Crippen molar-refractivity contribution in [3.63, 3.8) is 0 Å². The first-order valence-electron chi connectivity index (χ1n) is 37.6. The molecule has 0 aliphatic carbocycles. The molecule has 0 aliphatic heterocycles. The number of aliphatic hydroxyl groups is 1. The van der Waals surface area contributed by atoms with Crippen LogP contribution in [0.3, 0.4) is 0 Å². The summed E-state index contributed by atoms with van der Waals surface area (Å²) in [5.74, 6) is -1.36. The van der Waals surface area contributed by atoms with E-state index >= 15 is 0 Å². The third-order valence-corrected chi connectivity index (χ3v) is 18.7. The number of rotatable bonds is 72. The van der Waals surface area contributed by atoms with E-state index in [1.165, 1.54) is 199 Å². The maximum absolute atomic E-state index is 13.0. The van der Waals surface area contributed by atoms with E-state index in [1.54, 1.807) is 0 Å². The molecule has 3 N–H and O–H groups in total. The van der Waals surface area contributed by atoms with Crippen LogP contribution in [0.2, 0.25) is 0 Å². The van der Waals surface area contributed by atoms with Gasteiger partial charge in [-0.3, -0.25) is 37.3 Å². The second kappa shape index (κ2) is 65.4. The fourth-order valence-corrected chi connectivity index (χ4v) is 12.6. The number of aliphatic hydroxyl groups excluding tert-OH is 1. The zero-order valence-electron chi connectivity index (χ0n) is 59.0. The highest BCUT2D eigenvalue weighted by molar-refractivity contribution is 7.47. The van der Waals surface area contributed by atoms with E-state index in [2.05, 4.69) is 34.6 Å². The maximum Gasteiger partial charge on any atom is 0.472 e. The molecule has 0 aromatic rings. The molecule has 0 heterocycles. The van der Waals surface area contributed by atoms with E-state index in [0.29, 0.717) is 25.7 Å². The fraction of sp³-hybridized carbons (Fsp3) is 0.944. The zero-order chi connectivity index (χ0) is 67.0. The van der Waals surface area contributed by atoms with E-state index in [0.717, 1.165) is 95.8 Å². The van der Waals surface area contributed by atoms with Gasteiger partial charge in [-0.25, -0.2) is 9.13 Å². The van der Waals surface area contributed by atoms with Gasteiger partial charge in [0.15, 0.2) is 12.2 Å². The van der Waals surface area contributed by atoms with Gasteiger partial charge < -0.3 is 33.8 Å². The van der Waals surface area contributed by atoms with E-state index in [4.69, 9.17) is 37.0 Å². The fourth-order valence-electron chi connectivity index (χ4n) is 11.0. The summed E-state index contributed by atoms with van der Waals surface area (Å²) in [4.78, 5) is 72.6. The van der Waals surface area contributed by atoms with Gasteiger partial charge in [-0.1, -0.05) is 324 Å². The number of ether oxygens (including phenoxy) is 4. The van der Waals surface area contributed by atoms with Crippen LogP contribution in [-0.2, 0) is 65.4 Å². The lowest BCUT2D eigenvalue weighted by Gasteiger charge is -2.21. The number of hydrogen-bond acceptors (Lipinski definition) is 15. The minimum absolute atomic E-state index is 0.108. The molecule has 0 aliphatic rings. The molecule has 2 unspecified atom stereocenters. The van der Waals surface area contributed by atoms with Crippen molar-refractivity contribution in [1.82, 2.24) is 0 Å². The Morgan fingerprint density at radius 2 is 0.505 bits per heavy atom. The molecule has 0 fully saturated rings. The monoisotopic (exact) mass is 1340 g/mol. The van der Waals surface area contributed by atoms with Crippen LogP contribution in [0.25, 0.3) is 0 Å². The molecular weight excluding hydrogens is 1200 g/mol. The van der Waals surface area contributed by atoms with Crippen molar-refractivity contribution >= 4 is 39.5 Å². The van der Waals surface area contributed by atoms with Crippen molar-refractivity contribution in [2.45, 2.75) is 393 Å².